The van der Waals surface area contributed by atoms with E-state index in [0.717, 1.165) is 43.6 Å². The number of aromatic nitrogens is 6. The minimum Gasteiger partial charge on any atom is -0.278 e. The molecule has 2 bridgehead atoms. The van der Waals surface area contributed by atoms with Crippen molar-refractivity contribution < 1.29 is 11.0 Å². The normalized spacial score (nSPS) is 17.4. The Morgan fingerprint density at radius 3 is 1.29 bits per heavy atom. The highest BCUT2D eigenvalue weighted by Gasteiger charge is 2.42. The number of para-hydroxylation sites is 5. The maximum Gasteiger partial charge on any atom is 0.241 e. The van der Waals surface area contributed by atoms with Crippen LogP contribution in [0.5, 0.6) is 0 Å². The summed E-state index contributed by atoms with van der Waals surface area (Å²) in [7, 11) is 0. The third-order valence-electron chi connectivity index (χ3n) is 12.6. The molecule has 0 saturated heterocycles. The Kier molecular flexibility index (Phi) is 4.78. The topological polar surface area (TPSA) is 53.5 Å². The lowest BCUT2D eigenvalue weighted by Gasteiger charge is -2.42. The second-order valence-corrected chi connectivity index (χ2v) is 15.3. The lowest BCUT2D eigenvalue weighted by Crippen LogP contribution is -2.27. The van der Waals surface area contributed by atoms with E-state index in [1.54, 1.807) is 0 Å². The van der Waals surface area contributed by atoms with Crippen LogP contribution in [0.1, 0.15) is 56.2 Å². The molecule has 0 radical (unpaired) electrons. The van der Waals surface area contributed by atoms with Gasteiger partial charge in [0, 0.05) is 44.2 Å². The van der Waals surface area contributed by atoms with Gasteiger partial charge in [-0.25, -0.2) is 0 Å². The van der Waals surface area contributed by atoms with Gasteiger partial charge in [-0.2, -0.15) is 15.0 Å². The summed E-state index contributed by atoms with van der Waals surface area (Å²) < 4.78 is 77.3. The van der Waals surface area contributed by atoms with Crippen LogP contribution in [0.2, 0.25) is 0 Å². The summed E-state index contributed by atoms with van der Waals surface area (Å²) in [4.78, 5) is 15.8. The van der Waals surface area contributed by atoms with Crippen LogP contribution >= 0.6 is 0 Å². The lowest BCUT2D eigenvalue weighted by molar-refractivity contribution is 0.761. The van der Waals surface area contributed by atoms with Gasteiger partial charge in [0.05, 0.1) is 44.1 Å². The van der Waals surface area contributed by atoms with E-state index in [-0.39, 0.29) is 51.5 Å². The molecule has 0 N–H and O–H groups in total. The van der Waals surface area contributed by atoms with Gasteiger partial charge in [0.15, 0.2) is 0 Å². The molecular weight excluding hydrogens is 721 g/mol. The zero-order valence-electron chi connectivity index (χ0n) is 39.0. The Balaban J connectivity index is 1.15. The van der Waals surface area contributed by atoms with Crippen LogP contribution in [-0.2, 0) is 0 Å². The highest BCUT2D eigenvalue weighted by atomic mass is 15.3. The molecule has 4 heterocycles. The molecule has 274 valence electrons. The molecule has 0 aliphatic heterocycles. The first-order valence-corrected chi connectivity index (χ1v) is 19.6. The van der Waals surface area contributed by atoms with Gasteiger partial charge in [0.1, 0.15) is 0 Å². The van der Waals surface area contributed by atoms with Crippen LogP contribution in [0.15, 0.2) is 182 Å². The van der Waals surface area contributed by atoms with E-state index in [1.807, 2.05) is 75.9 Å². The average Bonchev–Trinajstić information content (AvgIpc) is 4.03. The summed E-state index contributed by atoms with van der Waals surface area (Å²) in [5.41, 5.74) is 10.8. The third-order valence-corrected chi connectivity index (χ3v) is 12.6. The summed E-state index contributed by atoms with van der Waals surface area (Å²) in [6.07, 6.45) is 0. The molecule has 6 nitrogen and oxygen atoms in total. The first-order valence-electron chi connectivity index (χ1n) is 23.6. The summed E-state index contributed by atoms with van der Waals surface area (Å²) in [6.45, 7) is 0. The predicted octanol–water partition coefficient (Wildman–Crippen LogP) is 12.2. The number of hydrogen-bond acceptors (Lipinski definition) is 3. The molecule has 59 heavy (non-hydrogen) atoms. The van der Waals surface area contributed by atoms with Gasteiger partial charge in [-0.1, -0.05) is 145 Å². The van der Waals surface area contributed by atoms with Crippen molar-refractivity contribution >= 4 is 65.4 Å². The third kappa shape index (κ3) is 4.02. The molecule has 8 aromatic carbocycles. The van der Waals surface area contributed by atoms with Gasteiger partial charge in [0.25, 0.3) is 0 Å². The monoisotopic (exact) mass is 760 g/mol. The molecule has 6 heteroatoms. The molecule has 0 saturated carbocycles. The number of nitrogens with zero attached hydrogens (tertiary/aromatic N) is 6. The quantitative estimate of drug-likeness (QED) is 0.180. The van der Waals surface area contributed by atoms with Gasteiger partial charge in [-0.05, 0) is 69.7 Å². The fraction of sp³-hybridized carbons (Fsp3) is 0.0377. The second-order valence-electron chi connectivity index (χ2n) is 15.3. The maximum atomic E-state index is 9.34. The fourth-order valence-corrected chi connectivity index (χ4v) is 10.3. The van der Waals surface area contributed by atoms with E-state index >= 15 is 0 Å². The highest BCUT2D eigenvalue weighted by molar-refractivity contribution is 6.13. The van der Waals surface area contributed by atoms with Crippen LogP contribution in [-0.4, -0.2) is 28.7 Å². The molecule has 4 aromatic heterocycles. The molecule has 12 aromatic rings. The van der Waals surface area contributed by atoms with E-state index in [9.17, 15) is 2.74 Å². The molecule has 3 aliphatic carbocycles. The van der Waals surface area contributed by atoms with E-state index in [4.69, 9.17) is 23.2 Å². The Morgan fingerprint density at radius 1 is 0.339 bits per heavy atom. The molecular formula is C53H32N6. The van der Waals surface area contributed by atoms with Crippen LogP contribution < -0.4 is 0 Å². The summed E-state index contributed by atoms with van der Waals surface area (Å²) >= 11 is 0. The summed E-state index contributed by atoms with van der Waals surface area (Å²) in [5, 5.41) is 3.85. The zero-order chi connectivity index (χ0) is 45.3. The Hall–Kier alpha value is -7.83. The molecule has 0 unspecified atom stereocenters. The second kappa shape index (κ2) is 11.4. The van der Waals surface area contributed by atoms with Crippen LogP contribution in [0.3, 0.4) is 0 Å². The van der Waals surface area contributed by atoms with E-state index in [2.05, 4.69) is 66.7 Å². The number of rotatable bonds is 3. The standard InChI is InChI=1S/C53H32N6/c1-3-21-37-35(19-1)47-36-20-2-4-22-38(36)48(37)50-40(47)29-30-46-49(50)39-23-9-14-28-45(39)59(46)53-55-51(57-41-24-10-5-15-31(41)32-16-6-11-25-42(32)57)54-52(56-53)58-43-26-12-7-17-33(43)34-18-8-13-27-44(34)58/h1-30,47-48H/i5D,6D,10D,11D,15D,16D,24D,25D. The van der Waals surface area contributed by atoms with E-state index in [1.165, 1.54) is 37.9 Å². The van der Waals surface area contributed by atoms with Gasteiger partial charge in [0.2, 0.25) is 17.8 Å². The molecule has 3 aliphatic rings. The first-order chi connectivity index (χ1) is 32.6. The Morgan fingerprint density at radius 2 is 0.746 bits per heavy atom. The average molecular weight is 761 g/mol. The molecule has 0 fully saturated rings. The van der Waals surface area contributed by atoms with Crippen molar-refractivity contribution in [2.24, 2.45) is 0 Å². The molecule has 0 spiro atoms. The van der Waals surface area contributed by atoms with Crippen LogP contribution in [0.4, 0.5) is 0 Å². The molecule has 0 amide bonds. The Labute approximate surface area is 349 Å². The van der Waals surface area contributed by atoms with Crippen LogP contribution in [0.25, 0.3) is 83.3 Å². The maximum absolute atomic E-state index is 9.34. The van der Waals surface area contributed by atoms with Crippen molar-refractivity contribution in [2.75, 3.05) is 0 Å². The van der Waals surface area contributed by atoms with Gasteiger partial charge in [-0.3, -0.25) is 13.7 Å². The van der Waals surface area contributed by atoms with Crippen LogP contribution in [0, 0.1) is 0 Å². The Bertz CT molecular complexity index is 4070. The fourth-order valence-electron chi connectivity index (χ4n) is 10.3. The van der Waals surface area contributed by atoms with Crippen molar-refractivity contribution in [3.8, 4) is 17.8 Å². The molecule has 0 atom stereocenters. The van der Waals surface area contributed by atoms with E-state index in [0.29, 0.717) is 0 Å². The van der Waals surface area contributed by atoms with Gasteiger partial charge < -0.3 is 0 Å². The first kappa shape index (κ1) is 24.7. The number of hydrogen-bond donors (Lipinski definition) is 0. The van der Waals surface area contributed by atoms with Crippen molar-refractivity contribution in [1.82, 2.24) is 28.7 Å². The van der Waals surface area contributed by atoms with Gasteiger partial charge in [-0.15, -0.1) is 0 Å². The van der Waals surface area contributed by atoms with Crippen molar-refractivity contribution in [3.63, 3.8) is 0 Å². The zero-order valence-corrected chi connectivity index (χ0v) is 31.0. The summed E-state index contributed by atoms with van der Waals surface area (Å²) in [5.74, 6) is 0.300. The number of fused-ring (bicyclic) bond motifs is 9. The van der Waals surface area contributed by atoms with Crippen molar-refractivity contribution in [1.29, 1.82) is 0 Å². The summed E-state index contributed by atoms with van der Waals surface area (Å²) in [6, 6.07) is 42.0. The minimum absolute atomic E-state index is 0.0406. The largest absolute Gasteiger partial charge is 0.278 e. The SMILES string of the molecule is [2H]c1c([2H])c([2H])c2c(c1[2H])c1c([2H])c([2H])c([2H])c([2H])c1n2-c1nc(-n2c3ccccc3c3ccccc32)nc(-n2c3ccccc3c3c4c(ccc32)C2c3ccccc3C4c3ccccc32)n1. The van der Waals surface area contributed by atoms with Crippen molar-refractivity contribution in [3.05, 3.63) is 215 Å². The minimum atomic E-state index is -0.529. The molecule has 15 rings (SSSR count). The van der Waals surface area contributed by atoms with E-state index < -0.39 is 48.3 Å². The predicted molar refractivity (Wildman–Crippen MR) is 238 cm³/mol. The van der Waals surface area contributed by atoms with Gasteiger partial charge >= 0.3 is 0 Å². The van der Waals surface area contributed by atoms with Crippen molar-refractivity contribution in [2.45, 2.75) is 11.8 Å². The number of benzene rings is 8. The smallest absolute Gasteiger partial charge is 0.241 e. The lowest BCUT2D eigenvalue weighted by atomic mass is 9.60. The highest BCUT2D eigenvalue weighted by Crippen LogP contribution is 2.58.